The van der Waals surface area contributed by atoms with Crippen LogP contribution in [0, 0.1) is 0 Å². The van der Waals surface area contributed by atoms with E-state index in [0.717, 1.165) is 44.9 Å². The zero-order valence-corrected chi connectivity index (χ0v) is 15.9. The number of primary amides is 1. The predicted octanol–water partition coefficient (Wildman–Crippen LogP) is 1.62. The second kappa shape index (κ2) is 8.10. The third kappa shape index (κ3) is 4.06. The Bertz CT molecular complexity index is 856. The van der Waals surface area contributed by atoms with E-state index in [9.17, 15) is 4.79 Å². The SMILES string of the molecule is NC(=O)c1nnc(N[C@@H]2CCCC[C@@H]2N)nc1NC1CCc2ccccc2C1. The molecule has 0 saturated heterocycles. The third-order valence-electron chi connectivity index (χ3n) is 5.74. The highest BCUT2D eigenvalue weighted by molar-refractivity contribution is 5.95. The first-order valence-electron chi connectivity index (χ1n) is 10.00. The molecule has 2 aliphatic carbocycles. The molecule has 4 rings (SSSR count). The van der Waals surface area contributed by atoms with E-state index in [4.69, 9.17) is 11.5 Å². The zero-order chi connectivity index (χ0) is 19.5. The fourth-order valence-corrected chi connectivity index (χ4v) is 4.17. The lowest BCUT2D eigenvalue weighted by molar-refractivity contribution is 0.0995. The first-order chi connectivity index (χ1) is 13.6. The molecule has 148 valence electrons. The molecule has 1 unspecified atom stereocenters. The van der Waals surface area contributed by atoms with Gasteiger partial charge in [-0.05, 0) is 43.2 Å². The van der Waals surface area contributed by atoms with Crippen molar-refractivity contribution in [3.05, 3.63) is 41.1 Å². The van der Waals surface area contributed by atoms with Crippen molar-refractivity contribution < 1.29 is 4.79 Å². The zero-order valence-electron chi connectivity index (χ0n) is 15.9. The molecule has 1 heterocycles. The number of rotatable bonds is 5. The lowest BCUT2D eigenvalue weighted by Gasteiger charge is -2.29. The predicted molar refractivity (Wildman–Crippen MR) is 108 cm³/mol. The number of fused-ring (bicyclic) bond motifs is 1. The Morgan fingerprint density at radius 2 is 1.82 bits per heavy atom. The number of benzene rings is 1. The van der Waals surface area contributed by atoms with E-state index in [1.165, 1.54) is 11.1 Å². The van der Waals surface area contributed by atoms with E-state index < -0.39 is 5.91 Å². The summed E-state index contributed by atoms with van der Waals surface area (Å²) < 4.78 is 0. The van der Waals surface area contributed by atoms with Gasteiger partial charge in [0.1, 0.15) is 0 Å². The molecule has 1 aromatic heterocycles. The number of carbonyl (C=O) groups excluding carboxylic acids is 1. The molecular weight excluding hydrogens is 354 g/mol. The highest BCUT2D eigenvalue weighted by Gasteiger charge is 2.25. The van der Waals surface area contributed by atoms with Crippen molar-refractivity contribution in [1.82, 2.24) is 15.2 Å². The molecule has 8 nitrogen and oxygen atoms in total. The van der Waals surface area contributed by atoms with E-state index in [0.29, 0.717) is 11.8 Å². The number of nitrogens with zero attached hydrogens (tertiary/aromatic N) is 3. The Kier molecular flexibility index (Phi) is 5.38. The van der Waals surface area contributed by atoms with Crippen molar-refractivity contribution in [2.24, 2.45) is 11.5 Å². The molecule has 3 atom stereocenters. The second-order valence-corrected chi connectivity index (χ2v) is 7.75. The largest absolute Gasteiger partial charge is 0.365 e. The number of amides is 1. The number of nitrogens with two attached hydrogens (primary N) is 2. The van der Waals surface area contributed by atoms with Crippen LogP contribution in [0.3, 0.4) is 0 Å². The summed E-state index contributed by atoms with van der Waals surface area (Å²) in [6.45, 7) is 0. The van der Waals surface area contributed by atoms with E-state index in [-0.39, 0.29) is 23.8 Å². The van der Waals surface area contributed by atoms with Crippen LogP contribution in [-0.2, 0) is 12.8 Å². The second-order valence-electron chi connectivity index (χ2n) is 7.75. The van der Waals surface area contributed by atoms with Crippen molar-refractivity contribution in [1.29, 1.82) is 0 Å². The van der Waals surface area contributed by atoms with Gasteiger partial charge in [0.2, 0.25) is 5.95 Å². The van der Waals surface area contributed by atoms with E-state index in [2.05, 4.69) is 50.1 Å². The first-order valence-corrected chi connectivity index (χ1v) is 10.00. The van der Waals surface area contributed by atoms with Crippen molar-refractivity contribution in [2.45, 2.75) is 63.1 Å². The molecule has 0 spiro atoms. The summed E-state index contributed by atoms with van der Waals surface area (Å²) in [5.74, 6) is 0.129. The maximum atomic E-state index is 11.8. The fourth-order valence-electron chi connectivity index (χ4n) is 4.17. The van der Waals surface area contributed by atoms with Crippen LogP contribution in [0.4, 0.5) is 11.8 Å². The molecule has 0 aliphatic heterocycles. The molecule has 28 heavy (non-hydrogen) atoms. The Morgan fingerprint density at radius 1 is 1.04 bits per heavy atom. The van der Waals surface area contributed by atoms with E-state index >= 15 is 0 Å². The molecule has 1 aromatic carbocycles. The fraction of sp³-hybridized carbons (Fsp3) is 0.500. The number of aromatic nitrogens is 3. The average Bonchev–Trinajstić information content (AvgIpc) is 2.70. The minimum Gasteiger partial charge on any atom is -0.365 e. The van der Waals surface area contributed by atoms with Gasteiger partial charge in [-0.15, -0.1) is 10.2 Å². The number of hydrogen-bond acceptors (Lipinski definition) is 7. The molecule has 1 amide bonds. The van der Waals surface area contributed by atoms with Crippen molar-refractivity contribution in [3.8, 4) is 0 Å². The lowest BCUT2D eigenvalue weighted by atomic mass is 9.88. The Morgan fingerprint density at radius 3 is 2.61 bits per heavy atom. The minimum atomic E-state index is -0.639. The summed E-state index contributed by atoms with van der Waals surface area (Å²) in [4.78, 5) is 16.3. The molecule has 0 bridgehead atoms. The highest BCUT2D eigenvalue weighted by Crippen LogP contribution is 2.25. The summed E-state index contributed by atoms with van der Waals surface area (Å²) in [5.41, 5.74) is 14.5. The normalized spacial score (nSPS) is 24.2. The number of hydrogen-bond donors (Lipinski definition) is 4. The molecule has 2 aliphatic rings. The molecule has 1 saturated carbocycles. The Hall–Kier alpha value is -2.74. The molecule has 0 radical (unpaired) electrons. The van der Waals surface area contributed by atoms with Crippen LogP contribution in [0.15, 0.2) is 24.3 Å². The van der Waals surface area contributed by atoms with Gasteiger partial charge in [-0.1, -0.05) is 37.1 Å². The van der Waals surface area contributed by atoms with Gasteiger partial charge in [0.15, 0.2) is 11.5 Å². The standard InChI is InChI=1S/C20H27N7O/c21-15-7-3-4-8-16(15)24-20-25-19(17(18(22)28)26-27-20)23-14-10-9-12-5-1-2-6-13(12)11-14/h1-2,5-6,14-16H,3-4,7-11,21H2,(H2,22,28)(H2,23,24,25,27)/t14?,15-,16+/m0/s1. The van der Waals surface area contributed by atoms with Crippen LogP contribution < -0.4 is 22.1 Å². The summed E-state index contributed by atoms with van der Waals surface area (Å²) in [6, 6.07) is 8.78. The van der Waals surface area contributed by atoms with Gasteiger partial charge >= 0.3 is 0 Å². The van der Waals surface area contributed by atoms with Crippen LogP contribution in [0.2, 0.25) is 0 Å². The molecule has 1 fully saturated rings. The van der Waals surface area contributed by atoms with Crippen LogP contribution in [-0.4, -0.2) is 39.2 Å². The van der Waals surface area contributed by atoms with Gasteiger partial charge in [-0.25, -0.2) is 0 Å². The lowest BCUT2D eigenvalue weighted by Crippen LogP contribution is -2.43. The van der Waals surface area contributed by atoms with Crippen LogP contribution in [0.1, 0.15) is 53.7 Å². The average molecular weight is 381 g/mol. The van der Waals surface area contributed by atoms with Crippen molar-refractivity contribution >= 4 is 17.7 Å². The van der Waals surface area contributed by atoms with Crippen LogP contribution in [0.25, 0.3) is 0 Å². The van der Waals surface area contributed by atoms with E-state index in [1.54, 1.807) is 0 Å². The number of anilines is 2. The first kappa shape index (κ1) is 18.6. The maximum absolute atomic E-state index is 11.8. The van der Waals surface area contributed by atoms with Gasteiger partial charge in [0.25, 0.3) is 5.91 Å². The van der Waals surface area contributed by atoms with Gasteiger partial charge in [-0.2, -0.15) is 4.98 Å². The number of aryl methyl sites for hydroxylation is 1. The van der Waals surface area contributed by atoms with E-state index in [1.807, 2.05) is 0 Å². The summed E-state index contributed by atoms with van der Waals surface area (Å²) >= 11 is 0. The quantitative estimate of drug-likeness (QED) is 0.619. The monoisotopic (exact) mass is 381 g/mol. The van der Waals surface area contributed by atoms with Crippen molar-refractivity contribution in [3.63, 3.8) is 0 Å². The molecule has 8 heteroatoms. The molecular formula is C20H27N7O. The summed E-state index contributed by atoms with van der Waals surface area (Å²) in [5, 5.41) is 14.7. The molecule has 6 N–H and O–H groups in total. The van der Waals surface area contributed by atoms with Crippen LogP contribution >= 0.6 is 0 Å². The highest BCUT2D eigenvalue weighted by atomic mass is 16.1. The maximum Gasteiger partial charge on any atom is 0.273 e. The van der Waals surface area contributed by atoms with Crippen molar-refractivity contribution in [2.75, 3.05) is 10.6 Å². The summed E-state index contributed by atoms with van der Waals surface area (Å²) in [7, 11) is 0. The van der Waals surface area contributed by atoms with Gasteiger partial charge in [0.05, 0.1) is 0 Å². The number of carbonyl (C=O) groups is 1. The smallest absolute Gasteiger partial charge is 0.273 e. The third-order valence-corrected chi connectivity index (χ3v) is 5.74. The van der Waals surface area contributed by atoms with Crippen LogP contribution in [0.5, 0.6) is 0 Å². The van der Waals surface area contributed by atoms with Gasteiger partial charge in [0, 0.05) is 18.1 Å². The molecule has 2 aromatic rings. The summed E-state index contributed by atoms with van der Waals surface area (Å²) in [6.07, 6.45) is 7.05. The number of nitrogens with one attached hydrogen (secondary N) is 2. The minimum absolute atomic E-state index is 0.0670. The Labute approximate surface area is 164 Å². The Balaban J connectivity index is 1.52. The van der Waals surface area contributed by atoms with Gasteiger partial charge in [-0.3, -0.25) is 4.79 Å². The topological polar surface area (TPSA) is 132 Å². The van der Waals surface area contributed by atoms with Gasteiger partial charge < -0.3 is 22.1 Å².